The molecule has 4 aliphatic rings. The summed E-state index contributed by atoms with van der Waals surface area (Å²) in [6.07, 6.45) is 10.1. The lowest BCUT2D eigenvalue weighted by atomic mass is 9.85. The van der Waals surface area contributed by atoms with Gasteiger partial charge in [0, 0.05) is 22.7 Å². The molecule has 1 aromatic heterocycles. The van der Waals surface area contributed by atoms with Crippen LogP contribution in [0.1, 0.15) is 18.4 Å². The molecule has 2 amide bonds. The Morgan fingerprint density at radius 2 is 1.76 bits per heavy atom. The van der Waals surface area contributed by atoms with Crippen molar-refractivity contribution in [1.82, 2.24) is 9.99 Å². The maximum atomic E-state index is 12.9. The standard InChI is InChI=1S/C20H17N3O2/c24-18-16-13-5-6-14(20(13)7-8-20)17(16)19(25)23(18)22-10-11-9-21-15-4-2-1-3-12(11)15/h1-6,9-10,13-14,16-17,21H,7-8H2. The minimum atomic E-state index is -0.190. The van der Waals surface area contributed by atoms with Crippen LogP contribution in [-0.4, -0.2) is 28.0 Å². The number of para-hydroxylation sites is 1. The van der Waals surface area contributed by atoms with Crippen LogP contribution in [0.4, 0.5) is 0 Å². The Balaban J connectivity index is 1.34. The second kappa shape index (κ2) is 4.28. The normalized spacial score (nSPS) is 34.2. The van der Waals surface area contributed by atoms with E-state index in [1.807, 2.05) is 30.5 Å². The van der Waals surface area contributed by atoms with Gasteiger partial charge in [0.1, 0.15) is 0 Å². The van der Waals surface area contributed by atoms with Crippen LogP contribution in [0.2, 0.25) is 0 Å². The highest BCUT2D eigenvalue weighted by molar-refractivity contribution is 6.08. The number of benzene rings is 1. The van der Waals surface area contributed by atoms with Gasteiger partial charge in [0.15, 0.2) is 0 Å². The summed E-state index contributed by atoms with van der Waals surface area (Å²) in [5.74, 6) is -0.127. The Kier molecular flexibility index (Phi) is 2.33. The zero-order valence-electron chi connectivity index (χ0n) is 13.6. The number of imide groups is 1. The molecule has 1 aliphatic heterocycles. The summed E-state index contributed by atoms with van der Waals surface area (Å²) in [6, 6.07) is 7.91. The largest absolute Gasteiger partial charge is 0.361 e. The summed E-state index contributed by atoms with van der Waals surface area (Å²) in [7, 11) is 0. The van der Waals surface area contributed by atoms with Crippen LogP contribution in [0, 0.1) is 29.1 Å². The van der Waals surface area contributed by atoms with Crippen LogP contribution in [0.15, 0.2) is 47.7 Å². The second-order valence-corrected chi connectivity index (χ2v) is 7.74. The molecule has 1 N–H and O–H groups in total. The van der Waals surface area contributed by atoms with Crippen molar-refractivity contribution >= 4 is 28.9 Å². The lowest BCUT2D eigenvalue weighted by Gasteiger charge is -2.18. The van der Waals surface area contributed by atoms with E-state index in [0.717, 1.165) is 34.3 Å². The third kappa shape index (κ3) is 1.52. The number of nitrogens with one attached hydrogen (secondary N) is 1. The predicted octanol–water partition coefficient (Wildman–Crippen LogP) is 2.70. The van der Waals surface area contributed by atoms with Crippen LogP contribution >= 0.6 is 0 Å². The van der Waals surface area contributed by atoms with Crippen LogP contribution in [-0.2, 0) is 9.59 Å². The van der Waals surface area contributed by atoms with E-state index < -0.39 is 0 Å². The number of nitrogens with zero attached hydrogens (tertiary/aromatic N) is 2. The molecule has 124 valence electrons. The topological polar surface area (TPSA) is 65.5 Å². The molecule has 2 bridgehead atoms. The highest BCUT2D eigenvalue weighted by atomic mass is 16.2. The number of rotatable bonds is 2. The van der Waals surface area contributed by atoms with Crippen molar-refractivity contribution < 1.29 is 9.59 Å². The summed E-state index contributed by atoms with van der Waals surface area (Å²) in [4.78, 5) is 28.9. The van der Waals surface area contributed by atoms with E-state index in [2.05, 4.69) is 22.2 Å². The van der Waals surface area contributed by atoms with Gasteiger partial charge in [-0.2, -0.15) is 10.1 Å². The second-order valence-electron chi connectivity index (χ2n) is 7.74. The van der Waals surface area contributed by atoms with Crippen molar-refractivity contribution in [1.29, 1.82) is 0 Å². The number of aromatic amines is 1. The number of hydrogen-bond donors (Lipinski definition) is 1. The van der Waals surface area contributed by atoms with Crippen LogP contribution < -0.4 is 0 Å². The summed E-state index contributed by atoms with van der Waals surface area (Å²) in [6.45, 7) is 0. The number of allylic oxidation sites excluding steroid dienone is 2. The van der Waals surface area contributed by atoms with Crippen molar-refractivity contribution in [3.8, 4) is 0 Å². The molecule has 2 aromatic rings. The van der Waals surface area contributed by atoms with Gasteiger partial charge in [0.2, 0.25) is 0 Å². The molecular formula is C20H17N3O2. The Labute approximate surface area is 144 Å². The van der Waals surface area contributed by atoms with Gasteiger partial charge in [0.25, 0.3) is 11.8 Å². The predicted molar refractivity (Wildman–Crippen MR) is 92.5 cm³/mol. The van der Waals surface area contributed by atoms with E-state index in [1.54, 1.807) is 6.21 Å². The zero-order valence-corrected chi connectivity index (χ0v) is 13.6. The summed E-state index contributed by atoms with van der Waals surface area (Å²) in [5.41, 5.74) is 2.12. The molecule has 4 unspecified atom stereocenters. The van der Waals surface area contributed by atoms with Gasteiger partial charge in [-0.1, -0.05) is 30.4 Å². The van der Waals surface area contributed by atoms with Gasteiger partial charge < -0.3 is 4.98 Å². The van der Waals surface area contributed by atoms with Crippen molar-refractivity contribution in [3.05, 3.63) is 48.2 Å². The fourth-order valence-electron chi connectivity index (χ4n) is 5.50. The third-order valence-electron chi connectivity index (χ3n) is 6.76. The fraction of sp³-hybridized carbons (Fsp3) is 0.350. The molecule has 3 fully saturated rings. The zero-order chi connectivity index (χ0) is 16.8. The molecule has 1 aromatic carbocycles. The summed E-state index contributed by atoms with van der Waals surface area (Å²) >= 11 is 0. The first-order valence-corrected chi connectivity index (χ1v) is 8.87. The first-order chi connectivity index (χ1) is 12.2. The molecule has 5 heteroatoms. The van der Waals surface area contributed by atoms with Gasteiger partial charge in [-0.05, 0) is 36.2 Å². The van der Waals surface area contributed by atoms with Crippen molar-refractivity contribution in [3.63, 3.8) is 0 Å². The molecular weight excluding hydrogens is 314 g/mol. The number of hydrazone groups is 1. The molecule has 2 saturated carbocycles. The lowest BCUT2D eigenvalue weighted by molar-refractivity contribution is -0.141. The van der Waals surface area contributed by atoms with E-state index >= 15 is 0 Å². The number of carbonyl (C=O) groups excluding carboxylic acids is 2. The van der Waals surface area contributed by atoms with E-state index in [-0.39, 0.29) is 40.9 Å². The smallest absolute Gasteiger partial charge is 0.254 e. The highest BCUT2D eigenvalue weighted by Crippen LogP contribution is 2.73. The number of hydrogen-bond acceptors (Lipinski definition) is 3. The average molecular weight is 331 g/mol. The lowest BCUT2D eigenvalue weighted by Crippen LogP contribution is -2.30. The monoisotopic (exact) mass is 331 g/mol. The molecule has 4 atom stereocenters. The maximum Gasteiger partial charge on any atom is 0.254 e. The Bertz CT molecular complexity index is 963. The number of aromatic nitrogens is 1. The van der Waals surface area contributed by atoms with Gasteiger partial charge in [-0.15, -0.1) is 0 Å². The van der Waals surface area contributed by atoms with Crippen molar-refractivity contribution in [2.75, 3.05) is 0 Å². The quantitative estimate of drug-likeness (QED) is 0.522. The molecule has 0 radical (unpaired) electrons. The SMILES string of the molecule is O=C1C2C(C(=O)N1N=Cc1c[nH]c3ccccc13)C1C=CC2C12CC2. The Hall–Kier alpha value is -2.69. The van der Waals surface area contributed by atoms with Gasteiger partial charge in [-0.3, -0.25) is 9.59 Å². The van der Waals surface area contributed by atoms with Gasteiger partial charge in [0.05, 0.1) is 18.1 Å². The molecule has 25 heavy (non-hydrogen) atoms. The van der Waals surface area contributed by atoms with E-state index in [4.69, 9.17) is 0 Å². The molecule has 5 nitrogen and oxygen atoms in total. The minimum absolute atomic E-state index is 0.116. The van der Waals surface area contributed by atoms with Crippen molar-refractivity contribution in [2.45, 2.75) is 12.8 Å². The number of carbonyl (C=O) groups is 2. The number of amides is 2. The first kappa shape index (κ1) is 13.6. The number of H-pyrrole nitrogens is 1. The average Bonchev–Trinajstić information content (AvgIpc) is 3.00. The van der Waals surface area contributed by atoms with Gasteiger partial charge >= 0.3 is 0 Å². The van der Waals surface area contributed by atoms with E-state index in [9.17, 15) is 9.59 Å². The van der Waals surface area contributed by atoms with E-state index in [0.29, 0.717) is 0 Å². The highest BCUT2D eigenvalue weighted by Gasteiger charge is 2.73. The molecule has 1 spiro atoms. The first-order valence-electron chi connectivity index (χ1n) is 8.87. The summed E-state index contributed by atoms with van der Waals surface area (Å²) in [5, 5.41) is 6.44. The van der Waals surface area contributed by atoms with Crippen LogP contribution in [0.3, 0.4) is 0 Å². The summed E-state index contributed by atoms with van der Waals surface area (Å²) < 4.78 is 0. The molecule has 2 heterocycles. The fourth-order valence-corrected chi connectivity index (χ4v) is 5.50. The Morgan fingerprint density at radius 1 is 1.08 bits per heavy atom. The number of fused-ring (bicyclic) bond motifs is 4. The molecule has 1 saturated heterocycles. The van der Waals surface area contributed by atoms with Gasteiger partial charge in [-0.25, -0.2) is 0 Å². The molecule has 6 rings (SSSR count). The van der Waals surface area contributed by atoms with E-state index in [1.165, 1.54) is 0 Å². The van der Waals surface area contributed by atoms with Crippen molar-refractivity contribution in [2.24, 2.45) is 34.2 Å². The third-order valence-corrected chi connectivity index (χ3v) is 6.76. The minimum Gasteiger partial charge on any atom is -0.361 e. The Morgan fingerprint density at radius 3 is 2.44 bits per heavy atom. The van der Waals surface area contributed by atoms with Crippen LogP contribution in [0.25, 0.3) is 10.9 Å². The maximum absolute atomic E-state index is 12.9. The molecule has 3 aliphatic carbocycles. The van der Waals surface area contributed by atoms with Crippen LogP contribution in [0.5, 0.6) is 0 Å².